The number of amides is 1. The van der Waals surface area contributed by atoms with E-state index in [1.165, 1.54) is 315 Å². The molecule has 0 aromatic carbocycles. The van der Waals surface area contributed by atoms with Crippen LogP contribution in [0.1, 0.15) is 393 Å². The summed E-state index contributed by atoms with van der Waals surface area (Å²) in [5.74, 6) is -0.232. The molecule has 3 fully saturated rings. The average molecular weight is 1460 g/mol. The Morgan fingerprint density at radius 3 is 0.853 bits per heavy atom. The second kappa shape index (κ2) is 64.6. The molecule has 0 aliphatic carbocycles. The van der Waals surface area contributed by atoms with Gasteiger partial charge in [-0.1, -0.05) is 373 Å². The fourth-order valence-electron chi connectivity index (χ4n) is 15.3. The Morgan fingerprint density at radius 2 is 0.559 bits per heavy atom. The number of ether oxygens (including phenoxy) is 6. The molecule has 17 atom stereocenters. The lowest BCUT2D eigenvalue weighted by atomic mass is 9.96. The number of carbonyl (C=O) groups is 1. The molecular weight excluding hydrogens is 1300 g/mol. The minimum absolute atomic E-state index is 0.232. The highest BCUT2D eigenvalue weighted by Gasteiger charge is 2.54. The van der Waals surface area contributed by atoms with Crippen LogP contribution >= 0.6 is 0 Å². The molecule has 0 radical (unpaired) electrons. The topological polar surface area (TPSA) is 307 Å². The van der Waals surface area contributed by atoms with Crippen molar-refractivity contribution in [3.63, 3.8) is 0 Å². The molecule has 19 heteroatoms. The third-order valence-electron chi connectivity index (χ3n) is 22.2. The molecule has 606 valence electrons. The van der Waals surface area contributed by atoms with E-state index in [9.17, 15) is 61.0 Å². The van der Waals surface area contributed by atoms with Gasteiger partial charge in [0.2, 0.25) is 5.91 Å². The maximum Gasteiger partial charge on any atom is 0.220 e. The summed E-state index contributed by atoms with van der Waals surface area (Å²) < 4.78 is 34.6. The largest absolute Gasteiger partial charge is 0.394 e. The van der Waals surface area contributed by atoms with Gasteiger partial charge in [0.25, 0.3) is 0 Å². The first-order valence-corrected chi connectivity index (χ1v) is 43.3. The SMILES string of the molecule is CCCCCCCCCCCCCCCCCCCCCCCCCCCCCCCCCC(O)C(COC1OC(CO)C(OC2OC(CO)C(OC3OC(CO)C(O)C(O)C3O)C(O)C2O)C(O)C1O)NC(=O)CCCCCCCCCCCCCCCCCCCCCCCCCCCC. The molecule has 3 aliphatic heterocycles. The summed E-state index contributed by atoms with van der Waals surface area (Å²) in [6.45, 7) is 1.89. The van der Waals surface area contributed by atoms with Crippen molar-refractivity contribution in [1.82, 2.24) is 5.32 Å². The average Bonchev–Trinajstić information content (AvgIpc) is 0.780. The quantitative estimate of drug-likeness (QED) is 0.0252. The predicted molar refractivity (Wildman–Crippen MR) is 407 cm³/mol. The molecule has 3 saturated heterocycles. The molecule has 0 bridgehead atoms. The van der Waals surface area contributed by atoms with Gasteiger partial charge in [-0.3, -0.25) is 4.79 Å². The lowest BCUT2D eigenvalue weighted by Gasteiger charge is -2.48. The van der Waals surface area contributed by atoms with Crippen LogP contribution in [-0.2, 0) is 33.2 Å². The zero-order valence-corrected chi connectivity index (χ0v) is 65.1. The Balaban J connectivity index is 1.34. The highest BCUT2D eigenvalue weighted by atomic mass is 16.8. The van der Waals surface area contributed by atoms with Crippen molar-refractivity contribution < 1.29 is 89.4 Å². The highest BCUT2D eigenvalue weighted by molar-refractivity contribution is 5.76. The lowest BCUT2D eigenvalue weighted by Crippen LogP contribution is -2.66. The highest BCUT2D eigenvalue weighted by Crippen LogP contribution is 2.34. The normalized spacial score (nSPS) is 26.1. The van der Waals surface area contributed by atoms with E-state index < -0.39 is 124 Å². The van der Waals surface area contributed by atoms with Crippen molar-refractivity contribution in [2.24, 2.45) is 0 Å². The molecule has 1 amide bonds. The Labute approximate surface area is 621 Å². The Bertz CT molecular complexity index is 1840. The third kappa shape index (κ3) is 43.8. The molecule has 0 aromatic rings. The van der Waals surface area contributed by atoms with Gasteiger partial charge in [-0.15, -0.1) is 0 Å². The molecule has 12 N–H and O–H groups in total. The number of carbonyl (C=O) groups excluding carboxylic acids is 1. The van der Waals surface area contributed by atoms with Gasteiger partial charge < -0.3 is 89.9 Å². The van der Waals surface area contributed by atoms with Crippen LogP contribution in [0.5, 0.6) is 0 Å². The molecule has 0 saturated carbocycles. The number of unbranched alkanes of at least 4 members (excludes halogenated alkanes) is 55. The molecule has 3 aliphatic rings. The monoisotopic (exact) mass is 1460 g/mol. The summed E-state index contributed by atoms with van der Waals surface area (Å²) in [7, 11) is 0. The molecule has 19 nitrogen and oxygen atoms in total. The summed E-state index contributed by atoms with van der Waals surface area (Å²) >= 11 is 0. The first-order valence-electron chi connectivity index (χ1n) is 43.3. The summed E-state index contributed by atoms with van der Waals surface area (Å²) in [5, 5.41) is 121. The van der Waals surface area contributed by atoms with Crippen LogP contribution in [0.25, 0.3) is 0 Å². The molecule has 3 rings (SSSR count). The molecule has 0 spiro atoms. The summed E-state index contributed by atoms with van der Waals surface area (Å²) in [6.07, 6.45) is 49.2. The fraction of sp³-hybridized carbons (Fsp3) is 0.988. The van der Waals surface area contributed by atoms with Gasteiger partial charge in [0, 0.05) is 6.42 Å². The van der Waals surface area contributed by atoms with Crippen LogP contribution < -0.4 is 5.32 Å². The number of nitrogens with one attached hydrogen (secondary N) is 1. The van der Waals surface area contributed by atoms with Crippen molar-refractivity contribution in [1.29, 1.82) is 0 Å². The molecule has 3 heterocycles. The van der Waals surface area contributed by atoms with Crippen molar-refractivity contribution in [3.05, 3.63) is 0 Å². The van der Waals surface area contributed by atoms with E-state index in [1.54, 1.807) is 0 Å². The van der Waals surface area contributed by atoms with E-state index in [4.69, 9.17) is 28.4 Å². The van der Waals surface area contributed by atoms with Gasteiger partial charge in [-0.2, -0.15) is 0 Å². The number of hydrogen-bond acceptors (Lipinski definition) is 18. The molecule has 0 aromatic heterocycles. The van der Waals surface area contributed by atoms with Gasteiger partial charge >= 0.3 is 0 Å². The maximum absolute atomic E-state index is 13.5. The van der Waals surface area contributed by atoms with Crippen LogP contribution in [0.4, 0.5) is 0 Å². The van der Waals surface area contributed by atoms with E-state index >= 15 is 0 Å². The zero-order chi connectivity index (χ0) is 73.9. The first kappa shape index (κ1) is 95.0. The Kier molecular flexibility index (Phi) is 60.2. The summed E-state index contributed by atoms with van der Waals surface area (Å²) in [5.41, 5.74) is 0. The van der Waals surface area contributed by atoms with Crippen molar-refractivity contribution in [2.45, 2.75) is 497 Å². The summed E-state index contributed by atoms with van der Waals surface area (Å²) in [4.78, 5) is 13.5. The second-order valence-electron chi connectivity index (χ2n) is 31.4. The second-order valence-corrected chi connectivity index (χ2v) is 31.4. The molecule has 102 heavy (non-hydrogen) atoms. The van der Waals surface area contributed by atoms with Crippen molar-refractivity contribution >= 4 is 5.91 Å². The van der Waals surface area contributed by atoms with E-state index in [2.05, 4.69) is 19.2 Å². The van der Waals surface area contributed by atoms with Crippen LogP contribution in [0.15, 0.2) is 0 Å². The van der Waals surface area contributed by atoms with Crippen LogP contribution in [-0.4, -0.2) is 193 Å². The van der Waals surface area contributed by atoms with Crippen molar-refractivity contribution in [2.75, 3.05) is 26.4 Å². The van der Waals surface area contributed by atoms with Gasteiger partial charge in [-0.25, -0.2) is 0 Å². The number of aliphatic hydroxyl groups is 11. The Morgan fingerprint density at radius 1 is 0.314 bits per heavy atom. The van der Waals surface area contributed by atoms with E-state index in [0.29, 0.717) is 12.8 Å². The van der Waals surface area contributed by atoms with Crippen LogP contribution in [0, 0.1) is 0 Å². The fourth-order valence-corrected chi connectivity index (χ4v) is 15.3. The number of rotatable bonds is 71. The van der Waals surface area contributed by atoms with Crippen LogP contribution in [0.2, 0.25) is 0 Å². The first-order chi connectivity index (χ1) is 49.8. The van der Waals surface area contributed by atoms with Gasteiger partial charge in [0.05, 0.1) is 38.6 Å². The minimum atomic E-state index is -1.97. The lowest BCUT2D eigenvalue weighted by molar-refractivity contribution is -0.379. The zero-order valence-electron chi connectivity index (χ0n) is 65.1. The maximum atomic E-state index is 13.5. The number of hydrogen-bond donors (Lipinski definition) is 12. The molecular formula is C83H161NO18. The standard InChI is InChI=1S/C83H161NO18/c1-3-5-7-9-11-13-15-17-19-21-23-25-27-29-31-32-33-34-35-36-38-40-42-44-46-48-50-52-54-56-58-60-67(88)66(84-71(89)61-59-57-55-53-51-49-47-45-43-41-39-37-30-28-26-24-22-20-18-16-14-12-10-8-6-4-2)65-97-81-77(95)74(92)79(69(63-86)99-81)102-83-78(96)75(93)80(70(64-87)100-83)101-82-76(94)73(91)72(90)68(62-85)98-82/h66-70,72-83,85-88,90-96H,3-65H2,1-2H3,(H,84,89). The smallest absolute Gasteiger partial charge is 0.220 e. The molecule has 17 unspecified atom stereocenters. The summed E-state index contributed by atoms with van der Waals surface area (Å²) in [6, 6.07) is -0.884. The van der Waals surface area contributed by atoms with E-state index in [-0.39, 0.29) is 18.9 Å². The Hall–Kier alpha value is -1.21. The van der Waals surface area contributed by atoms with E-state index in [0.717, 1.165) is 44.9 Å². The van der Waals surface area contributed by atoms with E-state index in [1.807, 2.05) is 0 Å². The number of aliphatic hydroxyl groups excluding tert-OH is 11. The van der Waals surface area contributed by atoms with Gasteiger partial charge in [-0.05, 0) is 12.8 Å². The predicted octanol–water partition coefficient (Wildman–Crippen LogP) is 15.4. The minimum Gasteiger partial charge on any atom is -0.394 e. The van der Waals surface area contributed by atoms with Crippen molar-refractivity contribution in [3.8, 4) is 0 Å². The third-order valence-corrected chi connectivity index (χ3v) is 22.2. The van der Waals surface area contributed by atoms with Crippen LogP contribution in [0.3, 0.4) is 0 Å². The van der Waals surface area contributed by atoms with Gasteiger partial charge in [0.1, 0.15) is 73.2 Å². The van der Waals surface area contributed by atoms with Gasteiger partial charge in [0.15, 0.2) is 18.9 Å².